The van der Waals surface area contributed by atoms with E-state index < -0.39 is 18.0 Å². The van der Waals surface area contributed by atoms with Crippen LogP contribution in [0.3, 0.4) is 0 Å². The fraction of sp³-hybridized carbons (Fsp3) is 0.260. The zero-order valence-electron chi connectivity index (χ0n) is 37.2. The third kappa shape index (κ3) is 9.10. The molecular formula is C50H45N9O8S2. The third-order valence-corrected chi connectivity index (χ3v) is 14.4. The Kier molecular flexibility index (Phi) is 12.6. The quantitative estimate of drug-likeness (QED) is 0.122. The summed E-state index contributed by atoms with van der Waals surface area (Å²) in [6, 6.07) is 26.7. The minimum atomic E-state index is -1.08. The zero-order chi connectivity index (χ0) is 47.8. The number of likely N-dealkylation sites (tertiary alicyclic amines) is 2. The number of imidazole rings is 2. The van der Waals surface area contributed by atoms with Gasteiger partial charge in [-0.25, -0.2) is 29.5 Å². The van der Waals surface area contributed by atoms with E-state index in [4.69, 9.17) is 20.3 Å². The number of hydrogen-bond donors (Lipinski definition) is 2. The Balaban J connectivity index is 0.000000187. The van der Waals surface area contributed by atoms with Gasteiger partial charge in [-0.15, -0.1) is 22.7 Å². The molecule has 6 aromatic heterocycles. The van der Waals surface area contributed by atoms with Crippen LogP contribution in [0.15, 0.2) is 120 Å². The largest absolute Gasteiger partial charge is 0.476 e. The van der Waals surface area contributed by atoms with Crippen molar-refractivity contribution in [3.8, 4) is 11.1 Å². The summed E-state index contributed by atoms with van der Waals surface area (Å²) in [6.45, 7) is 2.97. The van der Waals surface area contributed by atoms with E-state index in [1.54, 1.807) is 43.3 Å². The topological polar surface area (TPSA) is 217 Å². The maximum atomic E-state index is 13.8. The Bertz CT molecular complexity index is 3140. The number of ether oxygens (including phenoxy) is 2. The highest BCUT2D eigenvalue weighted by Gasteiger charge is 2.41. The first-order chi connectivity index (χ1) is 33.5. The standard InChI is InChI=1S/C34H30N4O5S.C16H15N5O3S/c1-2-42-34(41)28-20-44-32(36-28)29-15-21(17-38(29)33(40)27-18-37-14-8-7-13-30(37)35-27)16-31(39)43-19-26-24-11-5-3-9-22(24)23-10-4-6-12-25(23)26;17-9-5-12(14-19-11(8-25-14)16(23)24)21(6-9)15(22)10-7-20-4-2-1-3-13(20)18-10/h3-14,18,20-21,26,29H,2,15-17,19H2,1H3;1-4,7-9,12H,5-6,17H2,(H,23,24)/t21-,29-;9-,12+/m01/s1. The number of carboxylic acid groups (broad SMARTS) is 1. The fourth-order valence-corrected chi connectivity index (χ4v) is 11.2. The number of nitrogens with zero attached hydrogens (tertiary/aromatic N) is 8. The lowest BCUT2D eigenvalue weighted by atomic mass is 9.98. The first-order valence-corrected chi connectivity index (χ1v) is 24.2. The van der Waals surface area contributed by atoms with Crippen LogP contribution < -0.4 is 5.73 Å². The van der Waals surface area contributed by atoms with E-state index in [2.05, 4.69) is 44.2 Å². The van der Waals surface area contributed by atoms with Gasteiger partial charge < -0.3 is 38.9 Å². The van der Waals surface area contributed by atoms with Crippen LogP contribution in [0.5, 0.6) is 0 Å². The van der Waals surface area contributed by atoms with Gasteiger partial charge in [0.1, 0.15) is 39.3 Å². The van der Waals surface area contributed by atoms with Crippen molar-refractivity contribution in [1.82, 2.24) is 38.5 Å². The maximum absolute atomic E-state index is 13.8. The van der Waals surface area contributed by atoms with Crippen molar-refractivity contribution in [1.29, 1.82) is 0 Å². The molecule has 11 rings (SSSR count). The average molecular weight is 964 g/mol. The van der Waals surface area contributed by atoms with Crippen LogP contribution in [0.25, 0.3) is 22.4 Å². The summed E-state index contributed by atoms with van der Waals surface area (Å²) < 4.78 is 14.6. The van der Waals surface area contributed by atoms with Crippen molar-refractivity contribution in [2.75, 3.05) is 26.3 Å². The van der Waals surface area contributed by atoms with Gasteiger partial charge in [0.05, 0.1) is 25.1 Å². The van der Waals surface area contributed by atoms with Gasteiger partial charge >= 0.3 is 17.9 Å². The molecule has 2 aromatic carbocycles. The molecule has 4 atom stereocenters. The lowest BCUT2D eigenvalue weighted by Gasteiger charge is -2.22. The van der Waals surface area contributed by atoms with E-state index in [-0.39, 0.29) is 72.7 Å². The normalized spacial score (nSPS) is 18.5. The smallest absolute Gasteiger partial charge is 0.357 e. The second-order valence-corrected chi connectivity index (χ2v) is 18.8. The highest BCUT2D eigenvalue weighted by molar-refractivity contribution is 7.10. The first-order valence-electron chi connectivity index (χ1n) is 22.4. The van der Waals surface area contributed by atoms with Crippen LogP contribution in [0.4, 0.5) is 0 Å². The van der Waals surface area contributed by atoms with Crippen LogP contribution in [0.2, 0.25) is 0 Å². The van der Waals surface area contributed by atoms with Crippen LogP contribution in [-0.2, 0) is 14.3 Å². The third-order valence-electron chi connectivity index (χ3n) is 12.6. The molecule has 0 spiro atoms. The molecule has 17 nitrogen and oxygen atoms in total. The SMILES string of the molecule is CCOC(=O)c1csc([C@@H]2C[C@@H](CC(=O)OCC3c4ccccc4-c4ccccc43)CN2C(=O)c2cn3ccccc3n2)n1.N[C@@H]1C[C@@H](c2nc(C(=O)O)cs2)N(C(=O)c2cn3ccccc3n2)C1. The van der Waals surface area contributed by atoms with E-state index in [1.807, 2.05) is 73.1 Å². The van der Waals surface area contributed by atoms with E-state index in [1.165, 1.54) is 39.2 Å². The van der Waals surface area contributed by atoms with Gasteiger partial charge in [-0.2, -0.15) is 0 Å². The molecular weight excluding hydrogens is 919 g/mol. The summed E-state index contributed by atoms with van der Waals surface area (Å²) in [6.07, 6.45) is 8.28. The fourth-order valence-electron chi connectivity index (χ4n) is 9.41. The summed E-state index contributed by atoms with van der Waals surface area (Å²) in [5.74, 6) is -2.53. The summed E-state index contributed by atoms with van der Waals surface area (Å²) in [7, 11) is 0. The Morgan fingerprint density at radius 1 is 0.667 bits per heavy atom. The molecule has 2 fully saturated rings. The summed E-state index contributed by atoms with van der Waals surface area (Å²) in [5, 5.41) is 13.4. The van der Waals surface area contributed by atoms with Crippen molar-refractivity contribution in [3.05, 3.63) is 164 Å². The highest BCUT2D eigenvalue weighted by atomic mass is 32.1. The van der Waals surface area contributed by atoms with Gasteiger partial charge in [-0.1, -0.05) is 60.7 Å². The number of nitrogens with two attached hydrogens (primary N) is 1. The number of carbonyl (C=O) groups is 5. The van der Waals surface area contributed by atoms with Gasteiger partial charge in [0.2, 0.25) is 0 Å². The number of rotatable bonds is 11. The summed E-state index contributed by atoms with van der Waals surface area (Å²) in [5.41, 5.74) is 12.9. The number of aromatic carboxylic acids is 1. The molecule has 2 aliphatic heterocycles. The number of thiazole rings is 2. The molecule has 350 valence electrons. The number of hydrogen-bond acceptors (Lipinski definition) is 14. The molecule has 19 heteroatoms. The van der Waals surface area contributed by atoms with Crippen molar-refractivity contribution in [2.45, 2.75) is 50.2 Å². The second-order valence-electron chi connectivity index (χ2n) is 17.0. The molecule has 2 amide bonds. The van der Waals surface area contributed by atoms with Crippen LogP contribution in [-0.4, -0.2) is 106 Å². The van der Waals surface area contributed by atoms with Crippen molar-refractivity contribution < 1.29 is 38.6 Å². The minimum absolute atomic E-state index is 0.0133. The lowest BCUT2D eigenvalue weighted by molar-refractivity contribution is -0.145. The molecule has 3 N–H and O–H groups in total. The maximum Gasteiger partial charge on any atom is 0.357 e. The van der Waals surface area contributed by atoms with E-state index >= 15 is 0 Å². The molecule has 1 aliphatic carbocycles. The molecule has 69 heavy (non-hydrogen) atoms. The Morgan fingerprint density at radius 2 is 1.20 bits per heavy atom. The number of pyridine rings is 2. The summed E-state index contributed by atoms with van der Waals surface area (Å²) in [4.78, 5) is 84.3. The van der Waals surface area contributed by atoms with Crippen molar-refractivity contribution >= 4 is 63.7 Å². The number of esters is 2. The first kappa shape index (κ1) is 45.2. The number of amides is 2. The predicted octanol–water partition coefficient (Wildman–Crippen LogP) is 7.32. The highest BCUT2D eigenvalue weighted by Crippen LogP contribution is 2.45. The Morgan fingerprint density at radius 3 is 1.77 bits per heavy atom. The molecule has 0 bridgehead atoms. The molecule has 0 saturated carbocycles. The van der Waals surface area contributed by atoms with Gasteiger partial charge in [0.15, 0.2) is 11.4 Å². The second kappa shape index (κ2) is 19.2. The number of carbonyl (C=O) groups excluding carboxylic acids is 4. The lowest BCUT2D eigenvalue weighted by Crippen LogP contribution is -2.33. The monoisotopic (exact) mass is 963 g/mol. The van der Waals surface area contributed by atoms with E-state index in [0.717, 1.165) is 11.1 Å². The van der Waals surface area contributed by atoms with Gasteiger partial charge in [-0.3, -0.25) is 14.4 Å². The molecule has 2 saturated heterocycles. The molecule has 0 unspecified atom stereocenters. The number of carboxylic acids is 1. The van der Waals surface area contributed by atoms with Gasteiger partial charge in [0.25, 0.3) is 11.8 Å². The van der Waals surface area contributed by atoms with Crippen LogP contribution >= 0.6 is 22.7 Å². The summed E-state index contributed by atoms with van der Waals surface area (Å²) >= 11 is 2.54. The number of fused-ring (bicyclic) bond motifs is 5. The van der Waals surface area contributed by atoms with E-state index in [0.29, 0.717) is 58.6 Å². The van der Waals surface area contributed by atoms with Crippen LogP contribution in [0.1, 0.15) is 107 Å². The molecule has 3 aliphatic rings. The van der Waals surface area contributed by atoms with E-state index in [9.17, 15) is 24.0 Å². The van der Waals surface area contributed by atoms with Gasteiger partial charge in [-0.05, 0) is 72.2 Å². The minimum Gasteiger partial charge on any atom is -0.476 e. The molecule has 0 radical (unpaired) electrons. The molecule has 8 heterocycles. The Labute approximate surface area is 402 Å². The van der Waals surface area contributed by atoms with Crippen molar-refractivity contribution in [3.63, 3.8) is 0 Å². The molecule has 8 aromatic rings. The van der Waals surface area contributed by atoms with Crippen LogP contribution in [0, 0.1) is 5.92 Å². The number of benzene rings is 2. The predicted molar refractivity (Wildman–Crippen MR) is 255 cm³/mol. The average Bonchev–Trinajstić information content (AvgIpc) is 4.23. The Hall–Kier alpha value is -7.61. The van der Waals surface area contributed by atoms with Gasteiger partial charge in [0, 0.05) is 60.6 Å². The number of aromatic nitrogens is 6. The van der Waals surface area contributed by atoms with Crippen molar-refractivity contribution in [2.24, 2.45) is 11.7 Å². The zero-order valence-corrected chi connectivity index (χ0v) is 38.8.